The lowest BCUT2D eigenvalue weighted by molar-refractivity contribution is -0.133. The second-order valence-electron chi connectivity index (χ2n) is 7.64. The Kier molecular flexibility index (Phi) is 6.92. The highest BCUT2D eigenvalue weighted by Gasteiger charge is 2.24. The van der Waals surface area contributed by atoms with Gasteiger partial charge in [0, 0.05) is 50.7 Å². The van der Waals surface area contributed by atoms with Gasteiger partial charge in [-0.2, -0.15) is 0 Å². The summed E-state index contributed by atoms with van der Waals surface area (Å²) in [6.45, 7) is 5.63. The van der Waals surface area contributed by atoms with Crippen LogP contribution in [-0.4, -0.2) is 73.5 Å². The molecule has 0 unspecified atom stereocenters. The van der Waals surface area contributed by atoms with E-state index in [0.717, 1.165) is 44.9 Å². The summed E-state index contributed by atoms with van der Waals surface area (Å²) in [5.74, 6) is 1.28. The van der Waals surface area contributed by atoms with Crippen LogP contribution < -0.4 is 4.74 Å². The largest absolute Gasteiger partial charge is 0.496 e. The highest BCUT2D eigenvalue weighted by Crippen LogP contribution is 2.21. The molecule has 3 rings (SSSR count). The van der Waals surface area contributed by atoms with Gasteiger partial charge in [-0.25, -0.2) is 0 Å². The van der Waals surface area contributed by atoms with Crippen molar-refractivity contribution in [2.24, 2.45) is 0 Å². The molecule has 0 aromatic heterocycles. The van der Waals surface area contributed by atoms with Gasteiger partial charge in [0.2, 0.25) is 5.91 Å². The van der Waals surface area contributed by atoms with Crippen molar-refractivity contribution in [2.75, 3.05) is 46.9 Å². The maximum Gasteiger partial charge on any atom is 0.222 e. The minimum Gasteiger partial charge on any atom is -0.496 e. The zero-order valence-corrected chi connectivity index (χ0v) is 16.3. The molecule has 0 spiro atoms. The number of benzene rings is 1. The number of carbonyl (C=O) groups is 1. The van der Waals surface area contributed by atoms with Gasteiger partial charge in [-0.3, -0.25) is 9.69 Å². The van der Waals surface area contributed by atoms with Crippen LogP contribution in [0.5, 0.6) is 5.75 Å². The van der Waals surface area contributed by atoms with E-state index in [1.54, 1.807) is 7.11 Å². The SMILES string of the molecule is COc1ccccc1CN1CCN(C(=O)CC[C@H]2CCCCN2C)CC1. The van der Waals surface area contributed by atoms with Gasteiger partial charge < -0.3 is 14.5 Å². The van der Waals surface area contributed by atoms with Gasteiger partial charge in [-0.1, -0.05) is 24.6 Å². The van der Waals surface area contributed by atoms with Crippen molar-refractivity contribution in [2.45, 2.75) is 44.7 Å². The molecule has 0 saturated carbocycles. The summed E-state index contributed by atoms with van der Waals surface area (Å²) in [7, 11) is 3.92. The number of rotatable bonds is 6. The molecule has 2 heterocycles. The predicted molar refractivity (Wildman–Crippen MR) is 104 cm³/mol. The quantitative estimate of drug-likeness (QED) is 0.782. The van der Waals surface area contributed by atoms with E-state index in [2.05, 4.69) is 33.9 Å². The Balaban J connectivity index is 1.42. The van der Waals surface area contributed by atoms with Crippen LogP contribution in [0.2, 0.25) is 0 Å². The van der Waals surface area contributed by atoms with Crippen LogP contribution >= 0.6 is 0 Å². The first kappa shape index (κ1) is 19.2. The number of amides is 1. The molecule has 26 heavy (non-hydrogen) atoms. The van der Waals surface area contributed by atoms with Crippen molar-refractivity contribution in [3.8, 4) is 5.75 Å². The number of piperidine rings is 1. The van der Waals surface area contributed by atoms with Crippen molar-refractivity contribution in [3.63, 3.8) is 0 Å². The van der Waals surface area contributed by atoms with Crippen LogP contribution in [-0.2, 0) is 11.3 Å². The molecule has 2 aliphatic heterocycles. The Morgan fingerprint density at radius 3 is 2.62 bits per heavy atom. The molecular formula is C21H33N3O2. The number of hydrogen-bond acceptors (Lipinski definition) is 4. The molecule has 0 aliphatic carbocycles. The first-order valence-corrected chi connectivity index (χ1v) is 9.99. The fraction of sp³-hybridized carbons (Fsp3) is 0.667. The van der Waals surface area contributed by atoms with Gasteiger partial charge in [0.25, 0.3) is 0 Å². The number of likely N-dealkylation sites (tertiary alicyclic amines) is 1. The lowest BCUT2D eigenvalue weighted by atomic mass is 9.98. The predicted octanol–water partition coefficient (Wildman–Crippen LogP) is 2.60. The summed E-state index contributed by atoms with van der Waals surface area (Å²) in [6.07, 6.45) is 5.56. The third-order valence-corrected chi connectivity index (χ3v) is 5.92. The van der Waals surface area contributed by atoms with Crippen molar-refractivity contribution in [1.29, 1.82) is 0 Å². The molecule has 1 aromatic carbocycles. The molecule has 0 bridgehead atoms. The van der Waals surface area contributed by atoms with E-state index in [9.17, 15) is 4.79 Å². The van der Waals surface area contributed by atoms with E-state index in [0.29, 0.717) is 18.4 Å². The average Bonchev–Trinajstić information content (AvgIpc) is 2.68. The third-order valence-electron chi connectivity index (χ3n) is 5.92. The van der Waals surface area contributed by atoms with E-state index in [1.807, 2.05) is 12.1 Å². The molecular weight excluding hydrogens is 326 g/mol. The fourth-order valence-electron chi connectivity index (χ4n) is 4.19. The van der Waals surface area contributed by atoms with Gasteiger partial charge in [0.15, 0.2) is 0 Å². The molecule has 0 radical (unpaired) electrons. The molecule has 1 atom stereocenters. The maximum atomic E-state index is 12.6. The number of carbonyl (C=O) groups excluding carboxylic acids is 1. The summed E-state index contributed by atoms with van der Waals surface area (Å²) >= 11 is 0. The van der Waals surface area contributed by atoms with E-state index < -0.39 is 0 Å². The van der Waals surface area contributed by atoms with Crippen molar-refractivity contribution in [1.82, 2.24) is 14.7 Å². The van der Waals surface area contributed by atoms with Gasteiger partial charge in [0.05, 0.1) is 7.11 Å². The maximum absolute atomic E-state index is 12.6. The van der Waals surface area contributed by atoms with Crippen LogP contribution in [0.4, 0.5) is 0 Å². The summed E-state index contributed by atoms with van der Waals surface area (Å²) in [5.41, 5.74) is 1.22. The van der Waals surface area contributed by atoms with E-state index >= 15 is 0 Å². The molecule has 5 nitrogen and oxygen atoms in total. The smallest absolute Gasteiger partial charge is 0.222 e. The minimum atomic E-state index is 0.334. The Morgan fingerprint density at radius 2 is 1.88 bits per heavy atom. The number of hydrogen-bond donors (Lipinski definition) is 0. The molecule has 2 fully saturated rings. The highest BCUT2D eigenvalue weighted by molar-refractivity contribution is 5.76. The number of methoxy groups -OCH3 is 1. The molecule has 2 saturated heterocycles. The molecule has 1 aromatic rings. The Hall–Kier alpha value is -1.59. The van der Waals surface area contributed by atoms with Crippen LogP contribution in [0.15, 0.2) is 24.3 Å². The lowest BCUT2D eigenvalue weighted by Crippen LogP contribution is -2.48. The lowest BCUT2D eigenvalue weighted by Gasteiger charge is -2.36. The summed E-state index contributed by atoms with van der Waals surface area (Å²) < 4.78 is 5.45. The third kappa shape index (κ3) is 4.98. The van der Waals surface area contributed by atoms with Gasteiger partial charge in [-0.05, 0) is 38.9 Å². The first-order chi connectivity index (χ1) is 12.7. The van der Waals surface area contributed by atoms with Gasteiger partial charge in [-0.15, -0.1) is 0 Å². The molecule has 2 aliphatic rings. The summed E-state index contributed by atoms with van der Waals surface area (Å²) in [5, 5.41) is 0. The zero-order chi connectivity index (χ0) is 18.4. The monoisotopic (exact) mass is 359 g/mol. The van der Waals surface area contributed by atoms with Crippen LogP contribution in [0.1, 0.15) is 37.7 Å². The first-order valence-electron chi connectivity index (χ1n) is 9.99. The fourth-order valence-corrected chi connectivity index (χ4v) is 4.19. The van der Waals surface area contributed by atoms with Crippen molar-refractivity contribution < 1.29 is 9.53 Å². The van der Waals surface area contributed by atoms with Crippen molar-refractivity contribution >= 4 is 5.91 Å². The average molecular weight is 360 g/mol. The highest BCUT2D eigenvalue weighted by atomic mass is 16.5. The normalized spacial score (nSPS) is 22.4. The van der Waals surface area contributed by atoms with Crippen LogP contribution in [0.25, 0.3) is 0 Å². The minimum absolute atomic E-state index is 0.334. The number of nitrogens with zero attached hydrogens (tertiary/aromatic N) is 3. The molecule has 0 N–H and O–H groups in total. The van der Waals surface area contributed by atoms with Gasteiger partial charge in [0.1, 0.15) is 5.75 Å². The van der Waals surface area contributed by atoms with Crippen molar-refractivity contribution in [3.05, 3.63) is 29.8 Å². The Bertz CT molecular complexity index is 584. The second-order valence-corrected chi connectivity index (χ2v) is 7.64. The van der Waals surface area contributed by atoms with E-state index in [1.165, 1.54) is 31.4 Å². The van der Waals surface area contributed by atoms with E-state index in [-0.39, 0.29) is 0 Å². The molecule has 5 heteroatoms. The second kappa shape index (κ2) is 9.38. The summed E-state index contributed by atoms with van der Waals surface area (Å²) in [4.78, 5) is 19.5. The zero-order valence-electron chi connectivity index (χ0n) is 16.3. The van der Waals surface area contributed by atoms with E-state index in [4.69, 9.17) is 4.74 Å². The van der Waals surface area contributed by atoms with Crippen LogP contribution in [0.3, 0.4) is 0 Å². The Morgan fingerprint density at radius 1 is 1.12 bits per heavy atom. The number of ether oxygens (including phenoxy) is 1. The Labute approximate surface area is 157 Å². The number of para-hydroxylation sites is 1. The topological polar surface area (TPSA) is 36.0 Å². The standard InChI is InChI=1S/C21H33N3O2/c1-22-12-6-5-8-19(22)10-11-21(25)24-15-13-23(14-16-24)17-18-7-3-4-9-20(18)26-2/h3-4,7,9,19H,5-6,8,10-17H2,1-2H3/t19-/m1/s1. The van der Waals surface area contributed by atoms with Gasteiger partial charge >= 0.3 is 0 Å². The molecule has 144 valence electrons. The number of piperazine rings is 1. The van der Waals surface area contributed by atoms with Crippen LogP contribution in [0, 0.1) is 0 Å². The molecule has 1 amide bonds. The summed E-state index contributed by atoms with van der Waals surface area (Å²) in [6, 6.07) is 8.79.